The molecule has 0 aromatic heterocycles. The second kappa shape index (κ2) is 48.4. The zero-order chi connectivity index (χ0) is 70.4. The third-order valence-electron chi connectivity index (χ3n) is 13.3. The maximum absolute atomic E-state index is 14.6. The molecule has 0 aliphatic rings. The number of primary amides is 1. The van der Waals surface area contributed by atoms with Crippen LogP contribution in [-0.4, -0.2) is 212 Å². The van der Waals surface area contributed by atoms with E-state index in [-0.39, 0.29) is 165 Å². The first kappa shape index (κ1) is 83.6. The van der Waals surface area contributed by atoms with Crippen LogP contribution in [0, 0.1) is 0 Å². The summed E-state index contributed by atoms with van der Waals surface area (Å²) in [6, 6.07) is -12.7. The quantitative estimate of drug-likeness (QED) is 0.0153. The predicted molar refractivity (Wildman–Crippen MR) is 355 cm³/mol. The fourth-order valence-electron chi connectivity index (χ4n) is 8.51. The molecule has 0 aromatic rings. The number of aliphatic carboxylic acids is 1. The van der Waals surface area contributed by atoms with Crippen molar-refractivity contribution < 1.29 is 53.1 Å². The first-order valence-electron chi connectivity index (χ1n) is 30.1. The molecule has 9 atom stereocenters. The van der Waals surface area contributed by atoms with Crippen molar-refractivity contribution in [1.29, 1.82) is 0 Å². The molecule has 0 fully saturated rings. The average Bonchev–Trinajstić information content (AvgIpc) is 1.11. The Balaban J connectivity index is 7.41. The van der Waals surface area contributed by atoms with Crippen LogP contribution in [0.4, 0.5) is 0 Å². The molecule has 0 bridgehead atoms. The number of carbonyl (C=O) groups is 10. The summed E-state index contributed by atoms with van der Waals surface area (Å²) < 4.78 is 0. The molecular weight excluding hydrogens is 1240 g/mol. The van der Waals surface area contributed by atoms with Gasteiger partial charge >= 0.3 is 5.97 Å². The number of guanidine groups is 6. The van der Waals surface area contributed by atoms with Crippen LogP contribution in [0.25, 0.3) is 0 Å². The molecular formula is C52H103N29O11S. The molecule has 41 heteroatoms. The summed E-state index contributed by atoms with van der Waals surface area (Å²) in [5, 5.41) is 30.7. The topological polar surface area (TPSA) is 752 Å². The van der Waals surface area contributed by atoms with Crippen LogP contribution in [0.5, 0.6) is 0 Å². The molecule has 0 heterocycles. The summed E-state index contributed by atoms with van der Waals surface area (Å²) in [7, 11) is 0. The highest BCUT2D eigenvalue weighted by Crippen LogP contribution is 2.12. The maximum Gasteiger partial charge on any atom is 0.326 e. The molecule has 0 rings (SSSR count). The van der Waals surface area contributed by atoms with E-state index in [1.54, 1.807) is 6.26 Å². The Labute approximate surface area is 544 Å². The molecule has 40 nitrogen and oxygen atoms in total. The highest BCUT2D eigenvalue weighted by atomic mass is 32.2. The smallest absolute Gasteiger partial charge is 0.326 e. The summed E-state index contributed by atoms with van der Waals surface area (Å²) in [6.07, 6.45) is 1.79. The van der Waals surface area contributed by atoms with E-state index < -0.39 is 126 Å². The number of hydrogen-bond donors (Lipinski definition) is 24. The van der Waals surface area contributed by atoms with Gasteiger partial charge in [0.25, 0.3) is 0 Å². The van der Waals surface area contributed by atoms with Crippen LogP contribution < -0.4 is 129 Å². The number of nitrogens with two attached hydrogens (primary N) is 15. The van der Waals surface area contributed by atoms with Gasteiger partial charge in [0.2, 0.25) is 53.2 Å². The van der Waals surface area contributed by atoms with Crippen LogP contribution in [0.3, 0.4) is 0 Å². The number of amides is 9. The summed E-state index contributed by atoms with van der Waals surface area (Å²) in [4.78, 5) is 162. The van der Waals surface area contributed by atoms with Gasteiger partial charge in [0.1, 0.15) is 48.3 Å². The van der Waals surface area contributed by atoms with Gasteiger partial charge in [-0.05, 0) is 128 Å². The Morgan fingerprint density at radius 3 is 0.828 bits per heavy atom. The molecule has 0 unspecified atom stereocenters. The maximum atomic E-state index is 14.6. The van der Waals surface area contributed by atoms with Gasteiger partial charge in [-0.25, -0.2) is 4.79 Å². The van der Waals surface area contributed by atoms with E-state index in [1.165, 1.54) is 11.8 Å². The van der Waals surface area contributed by atoms with Gasteiger partial charge in [0.15, 0.2) is 35.8 Å². The Bertz CT molecular complexity index is 2550. The normalized spacial score (nSPS) is 13.6. The highest BCUT2D eigenvalue weighted by molar-refractivity contribution is 7.98. The van der Waals surface area contributed by atoms with Gasteiger partial charge in [-0.1, -0.05) is 0 Å². The van der Waals surface area contributed by atoms with Gasteiger partial charge < -0.3 is 134 Å². The Hall–Kier alpha value is -9.41. The molecule has 0 saturated carbocycles. The number of thioether (sulfide) groups is 1. The second-order valence-electron chi connectivity index (χ2n) is 21.2. The zero-order valence-electron chi connectivity index (χ0n) is 52.9. The van der Waals surface area contributed by atoms with E-state index in [0.29, 0.717) is 25.0 Å². The third kappa shape index (κ3) is 40.9. The van der Waals surface area contributed by atoms with E-state index in [0.717, 1.165) is 0 Å². The molecule has 39 N–H and O–H groups in total. The predicted octanol–water partition coefficient (Wildman–Crippen LogP) is -10.3. The molecule has 0 aliphatic carbocycles. The fraction of sp³-hybridized carbons (Fsp3) is 0.692. The van der Waals surface area contributed by atoms with E-state index in [9.17, 15) is 53.1 Å². The molecule has 93 heavy (non-hydrogen) atoms. The van der Waals surface area contributed by atoms with Gasteiger partial charge in [-0.15, -0.1) is 0 Å². The van der Waals surface area contributed by atoms with E-state index >= 15 is 0 Å². The van der Waals surface area contributed by atoms with Gasteiger partial charge in [0.05, 0.1) is 6.04 Å². The average molecular weight is 1340 g/mol. The number of nitrogens with one attached hydrogen (secondary N) is 8. The standard InChI is InChI=1S/C52H103N29O11S/c1-93-27-19-35(80-39(84)29(11-2-3-20-53)74-38(83)28(54)10-4-21-68-47(56)57)45(90)78-31(13-6-23-70-49(60)61)41(86)75-32(14-7-24-71-50(62)63)42(87)79-34(17-18-37(55)82)44(89)77-30(12-5-22-69-48(58)59)40(85)76-33(15-8-25-72-51(64)65)43(88)81-36(46(91)92)16-9-26-73-52(66)67/h28-36H,2-27,53-54H2,1H3,(H2,55,82)(H,74,83)(H,75,86)(H,76,85)(H,77,89)(H,78,90)(H,79,87)(H,80,84)(H,81,88)(H,91,92)(H4,56,57,68)(H4,58,59,69)(H4,60,61,70)(H4,62,63,71)(H4,64,65,72)(H4,66,67,73)/t28-,29+,30+,31+,32-,33+,34+,35+,36-/m1/s1. The number of nitrogens with zero attached hydrogens (tertiary/aromatic N) is 6. The molecule has 0 spiro atoms. The minimum atomic E-state index is -1.68. The number of carbonyl (C=O) groups excluding carboxylic acids is 9. The van der Waals surface area contributed by atoms with Crippen LogP contribution in [0.15, 0.2) is 30.0 Å². The molecule has 0 aromatic carbocycles. The van der Waals surface area contributed by atoms with Crippen molar-refractivity contribution in [3.8, 4) is 0 Å². The lowest BCUT2D eigenvalue weighted by Crippen LogP contribution is -2.60. The van der Waals surface area contributed by atoms with Gasteiger partial charge in [0, 0.05) is 45.7 Å². The number of unbranched alkanes of at least 4 members (excludes halogenated alkanes) is 1. The van der Waals surface area contributed by atoms with Crippen molar-refractivity contribution in [2.75, 3.05) is 57.8 Å². The third-order valence-corrected chi connectivity index (χ3v) is 14.0. The van der Waals surface area contributed by atoms with Crippen molar-refractivity contribution >= 4 is 107 Å². The van der Waals surface area contributed by atoms with Gasteiger partial charge in [-0.3, -0.25) is 73.1 Å². The minimum Gasteiger partial charge on any atom is -0.480 e. The largest absolute Gasteiger partial charge is 0.480 e. The monoisotopic (exact) mass is 1340 g/mol. The summed E-state index contributed by atoms with van der Waals surface area (Å²) >= 11 is 1.35. The van der Waals surface area contributed by atoms with Crippen LogP contribution in [-0.2, 0) is 47.9 Å². The molecule has 528 valence electrons. The lowest BCUT2D eigenvalue weighted by molar-refractivity contribution is -0.142. The van der Waals surface area contributed by atoms with E-state index in [1.807, 2.05) is 0 Å². The number of aliphatic imine (C=N–C) groups is 6. The molecule has 9 amide bonds. The lowest BCUT2D eigenvalue weighted by Gasteiger charge is -2.28. The molecule has 0 aliphatic heterocycles. The summed E-state index contributed by atoms with van der Waals surface area (Å²) in [5.41, 5.74) is 83.2. The minimum absolute atomic E-state index is 0.0190. The SMILES string of the molecule is CSCC[C@H](NC(=O)[C@H](CCCCN)NC(=O)[C@H](N)CCCN=C(N)N)C(=O)N[C@@H](CCCN=C(N)N)C(=O)N[C@H](CCCN=C(N)N)C(=O)N[C@@H](CCC(N)=O)C(=O)N[C@@H](CCCN=C(N)N)C(=O)N[C@@H](CCCN=C(N)N)C(=O)N[C@H](CCCN=C(N)N)C(=O)O. The molecule has 0 radical (unpaired) electrons. The van der Waals surface area contributed by atoms with Gasteiger partial charge in [-0.2, -0.15) is 11.8 Å². The Morgan fingerprint density at radius 1 is 0.333 bits per heavy atom. The Morgan fingerprint density at radius 2 is 0.570 bits per heavy atom. The summed E-state index contributed by atoms with van der Waals surface area (Å²) in [6.45, 7) is 0.357. The van der Waals surface area contributed by atoms with Crippen molar-refractivity contribution in [2.45, 2.75) is 170 Å². The number of carboxylic acid groups (broad SMARTS) is 1. The molecule has 0 saturated heterocycles. The highest BCUT2D eigenvalue weighted by Gasteiger charge is 2.35. The first-order chi connectivity index (χ1) is 43.9. The van der Waals surface area contributed by atoms with E-state index in [2.05, 4.69) is 72.5 Å². The van der Waals surface area contributed by atoms with Crippen LogP contribution >= 0.6 is 11.8 Å². The van der Waals surface area contributed by atoms with Crippen molar-refractivity contribution in [3.05, 3.63) is 0 Å². The first-order valence-corrected chi connectivity index (χ1v) is 31.5. The fourth-order valence-corrected chi connectivity index (χ4v) is 8.98. The van der Waals surface area contributed by atoms with E-state index in [4.69, 9.17) is 86.0 Å². The van der Waals surface area contributed by atoms with Crippen molar-refractivity contribution in [1.82, 2.24) is 42.5 Å². The number of rotatable bonds is 51. The zero-order valence-corrected chi connectivity index (χ0v) is 53.7. The number of hydrogen-bond acceptors (Lipinski definition) is 19. The van der Waals surface area contributed by atoms with Crippen molar-refractivity contribution in [2.24, 2.45) is 116 Å². The Kier molecular flexibility index (Phi) is 43.5. The summed E-state index contributed by atoms with van der Waals surface area (Å²) in [5.74, 6) is -10.7. The second-order valence-corrected chi connectivity index (χ2v) is 22.2. The van der Waals surface area contributed by atoms with Crippen LogP contribution in [0.2, 0.25) is 0 Å². The van der Waals surface area contributed by atoms with Crippen LogP contribution in [0.1, 0.15) is 116 Å². The van der Waals surface area contributed by atoms with Crippen molar-refractivity contribution in [3.63, 3.8) is 0 Å². The lowest BCUT2D eigenvalue weighted by atomic mass is 10.0. The number of carboxylic acids is 1.